The second-order valence-electron chi connectivity index (χ2n) is 7.58. The highest BCUT2D eigenvalue weighted by atomic mass is 35.5. The SMILES string of the molecule is COC(=O)c1ccc2cc(-c3ccc(Cl)c(S(=O)(=O)NC4CCCCC4)c3)[nH]c2c1. The largest absolute Gasteiger partial charge is 0.465 e. The number of ether oxygens (including phenoxy) is 1. The van der Waals surface area contributed by atoms with E-state index in [0.717, 1.165) is 48.7 Å². The lowest BCUT2D eigenvalue weighted by atomic mass is 9.96. The van der Waals surface area contributed by atoms with Gasteiger partial charge in [0.1, 0.15) is 4.90 Å². The molecule has 1 aliphatic carbocycles. The molecular formula is C22H23ClN2O4S. The van der Waals surface area contributed by atoms with Gasteiger partial charge in [-0.25, -0.2) is 17.9 Å². The zero-order valence-electron chi connectivity index (χ0n) is 16.6. The van der Waals surface area contributed by atoms with Crippen LogP contribution < -0.4 is 4.72 Å². The Kier molecular flexibility index (Phi) is 5.86. The van der Waals surface area contributed by atoms with Crippen LogP contribution in [0.1, 0.15) is 42.5 Å². The molecule has 2 aromatic carbocycles. The lowest BCUT2D eigenvalue weighted by Gasteiger charge is -2.23. The number of hydrogen-bond acceptors (Lipinski definition) is 4. The van der Waals surface area contributed by atoms with Gasteiger partial charge < -0.3 is 9.72 Å². The van der Waals surface area contributed by atoms with E-state index in [-0.39, 0.29) is 16.0 Å². The topological polar surface area (TPSA) is 88.3 Å². The molecule has 0 radical (unpaired) electrons. The maximum Gasteiger partial charge on any atom is 0.337 e. The quantitative estimate of drug-likeness (QED) is 0.546. The predicted octanol–water partition coefficient (Wildman–Crippen LogP) is 4.89. The van der Waals surface area contributed by atoms with Crippen molar-refractivity contribution in [1.29, 1.82) is 0 Å². The number of carbonyl (C=O) groups excluding carboxylic acids is 1. The highest BCUT2D eigenvalue weighted by molar-refractivity contribution is 7.89. The van der Waals surface area contributed by atoms with E-state index in [4.69, 9.17) is 16.3 Å². The molecule has 6 nitrogen and oxygen atoms in total. The van der Waals surface area contributed by atoms with Crippen LogP contribution in [0.3, 0.4) is 0 Å². The highest BCUT2D eigenvalue weighted by Gasteiger charge is 2.24. The number of nitrogens with one attached hydrogen (secondary N) is 2. The standard InChI is InChI=1S/C22H23ClN2O4S/c1-29-22(26)16-8-7-14-11-19(24-20(14)12-16)15-9-10-18(23)21(13-15)30(27,28)25-17-5-3-2-4-6-17/h7-13,17,24-25H,2-6H2,1H3. The van der Waals surface area contributed by atoms with Gasteiger partial charge in [0.15, 0.2) is 0 Å². The van der Waals surface area contributed by atoms with Gasteiger partial charge in [-0.2, -0.15) is 0 Å². The average molecular weight is 447 g/mol. The smallest absolute Gasteiger partial charge is 0.337 e. The van der Waals surface area contributed by atoms with Crippen molar-refractivity contribution >= 4 is 38.5 Å². The van der Waals surface area contributed by atoms with E-state index in [0.29, 0.717) is 11.1 Å². The first kappa shape index (κ1) is 20.9. The summed E-state index contributed by atoms with van der Waals surface area (Å²) < 4.78 is 33.5. The van der Waals surface area contributed by atoms with Crippen LogP contribution in [0.25, 0.3) is 22.2 Å². The number of benzene rings is 2. The minimum absolute atomic E-state index is 0.0479. The summed E-state index contributed by atoms with van der Waals surface area (Å²) in [6, 6.07) is 12.0. The van der Waals surface area contributed by atoms with Crippen molar-refractivity contribution in [3.05, 3.63) is 53.1 Å². The molecule has 2 N–H and O–H groups in total. The molecule has 1 heterocycles. The fourth-order valence-corrected chi connectivity index (χ4v) is 5.74. The summed E-state index contributed by atoms with van der Waals surface area (Å²) in [5, 5.41) is 1.09. The molecule has 1 aliphatic rings. The first-order chi connectivity index (χ1) is 14.4. The highest BCUT2D eigenvalue weighted by Crippen LogP contribution is 2.31. The summed E-state index contributed by atoms with van der Waals surface area (Å²) in [6.07, 6.45) is 4.90. The number of carbonyl (C=O) groups is 1. The van der Waals surface area contributed by atoms with Crippen LogP contribution in [0.15, 0.2) is 47.4 Å². The molecule has 1 saturated carbocycles. The second kappa shape index (κ2) is 8.41. The van der Waals surface area contributed by atoms with E-state index in [1.807, 2.05) is 12.1 Å². The molecule has 3 aromatic rings. The van der Waals surface area contributed by atoms with Crippen molar-refractivity contribution in [3.63, 3.8) is 0 Å². The van der Waals surface area contributed by atoms with Crippen molar-refractivity contribution in [2.24, 2.45) is 0 Å². The van der Waals surface area contributed by atoms with E-state index in [2.05, 4.69) is 9.71 Å². The van der Waals surface area contributed by atoms with Crippen LogP contribution in [0.4, 0.5) is 0 Å². The molecule has 30 heavy (non-hydrogen) atoms. The number of esters is 1. The summed E-state index contributed by atoms with van der Waals surface area (Å²) in [5.74, 6) is -0.415. The van der Waals surface area contributed by atoms with Gasteiger partial charge in [0, 0.05) is 22.6 Å². The number of H-pyrrole nitrogens is 1. The molecule has 0 aliphatic heterocycles. The fraction of sp³-hybridized carbons (Fsp3) is 0.318. The van der Waals surface area contributed by atoms with Crippen LogP contribution in [0, 0.1) is 0 Å². The molecule has 1 aromatic heterocycles. The minimum atomic E-state index is -3.73. The molecule has 1 fully saturated rings. The van der Waals surface area contributed by atoms with Gasteiger partial charge in [-0.15, -0.1) is 0 Å². The Morgan fingerprint density at radius 3 is 2.60 bits per heavy atom. The fourth-order valence-electron chi connectivity index (χ4n) is 3.91. The molecule has 0 spiro atoms. The lowest BCUT2D eigenvalue weighted by molar-refractivity contribution is 0.0601. The molecular weight excluding hydrogens is 424 g/mol. The molecule has 0 unspecified atom stereocenters. The van der Waals surface area contributed by atoms with E-state index in [1.165, 1.54) is 7.11 Å². The van der Waals surface area contributed by atoms with Crippen molar-refractivity contribution in [1.82, 2.24) is 9.71 Å². The Balaban J connectivity index is 1.68. The maximum atomic E-state index is 13.0. The number of aromatic nitrogens is 1. The van der Waals surface area contributed by atoms with E-state index in [9.17, 15) is 13.2 Å². The number of fused-ring (bicyclic) bond motifs is 1. The molecule has 0 saturated heterocycles. The molecule has 0 atom stereocenters. The third-order valence-electron chi connectivity index (χ3n) is 5.50. The number of methoxy groups -OCH3 is 1. The maximum absolute atomic E-state index is 13.0. The van der Waals surface area contributed by atoms with Crippen molar-refractivity contribution in [3.8, 4) is 11.3 Å². The number of aromatic amines is 1. The van der Waals surface area contributed by atoms with Crippen LogP contribution in [-0.2, 0) is 14.8 Å². The summed E-state index contributed by atoms with van der Waals surface area (Å²) in [7, 11) is -2.39. The summed E-state index contributed by atoms with van der Waals surface area (Å²) in [6.45, 7) is 0. The molecule has 8 heteroatoms. The van der Waals surface area contributed by atoms with Gasteiger partial charge in [-0.1, -0.05) is 43.0 Å². The van der Waals surface area contributed by atoms with Gasteiger partial charge in [-0.05, 0) is 48.7 Å². The number of hydrogen-bond donors (Lipinski definition) is 2. The van der Waals surface area contributed by atoms with Gasteiger partial charge in [0.25, 0.3) is 0 Å². The normalized spacial score (nSPS) is 15.4. The van der Waals surface area contributed by atoms with Crippen molar-refractivity contribution < 1.29 is 17.9 Å². The Bertz CT molecular complexity index is 1200. The zero-order chi connectivity index (χ0) is 21.3. The Morgan fingerprint density at radius 2 is 1.87 bits per heavy atom. The average Bonchev–Trinajstić information content (AvgIpc) is 3.17. The van der Waals surface area contributed by atoms with E-state index < -0.39 is 16.0 Å². The van der Waals surface area contributed by atoms with E-state index in [1.54, 1.807) is 30.3 Å². The summed E-state index contributed by atoms with van der Waals surface area (Å²) in [5.41, 5.74) is 2.62. The van der Waals surface area contributed by atoms with E-state index >= 15 is 0 Å². The van der Waals surface area contributed by atoms with Gasteiger partial charge in [0.2, 0.25) is 10.0 Å². The molecule has 0 bridgehead atoms. The number of halogens is 1. The minimum Gasteiger partial charge on any atom is -0.465 e. The van der Waals surface area contributed by atoms with Gasteiger partial charge in [0.05, 0.1) is 17.7 Å². The first-order valence-electron chi connectivity index (χ1n) is 9.91. The lowest BCUT2D eigenvalue weighted by Crippen LogP contribution is -2.36. The predicted molar refractivity (Wildman–Crippen MR) is 117 cm³/mol. The van der Waals surface area contributed by atoms with Gasteiger partial charge >= 0.3 is 5.97 Å². The Labute approximate surface area is 180 Å². The third-order valence-corrected chi connectivity index (χ3v) is 7.50. The van der Waals surface area contributed by atoms with Crippen LogP contribution in [0.5, 0.6) is 0 Å². The van der Waals surface area contributed by atoms with Crippen LogP contribution in [0.2, 0.25) is 5.02 Å². The molecule has 0 amide bonds. The monoisotopic (exact) mass is 446 g/mol. The summed E-state index contributed by atoms with van der Waals surface area (Å²) >= 11 is 6.26. The van der Waals surface area contributed by atoms with Gasteiger partial charge in [-0.3, -0.25) is 0 Å². The summed E-state index contributed by atoms with van der Waals surface area (Å²) in [4.78, 5) is 15.1. The van der Waals surface area contributed by atoms with Crippen molar-refractivity contribution in [2.45, 2.75) is 43.0 Å². The Hall–Kier alpha value is -2.35. The second-order valence-corrected chi connectivity index (χ2v) is 9.67. The molecule has 4 rings (SSSR count). The van der Waals surface area contributed by atoms with Crippen LogP contribution >= 0.6 is 11.6 Å². The zero-order valence-corrected chi connectivity index (χ0v) is 18.1. The van der Waals surface area contributed by atoms with Crippen LogP contribution in [-0.4, -0.2) is 32.5 Å². The third kappa shape index (κ3) is 4.24. The Morgan fingerprint density at radius 1 is 1.10 bits per heavy atom. The van der Waals surface area contributed by atoms with Crippen molar-refractivity contribution in [2.75, 3.05) is 7.11 Å². The number of sulfonamides is 1. The molecule has 158 valence electrons. The number of rotatable bonds is 5. The first-order valence-corrected chi connectivity index (χ1v) is 11.8.